The minimum atomic E-state index is -1.63. The summed E-state index contributed by atoms with van der Waals surface area (Å²) in [5.41, 5.74) is 4.48. The van der Waals surface area contributed by atoms with E-state index in [4.69, 9.17) is 5.73 Å². The summed E-state index contributed by atoms with van der Waals surface area (Å²) in [5.74, 6) is -2.35. The predicted molar refractivity (Wildman–Crippen MR) is 74.9 cm³/mol. The largest absolute Gasteiger partial charge is 0.481 e. The number of nitrogens with two attached hydrogens (primary N) is 1. The Morgan fingerprint density at radius 2 is 1.86 bits per heavy atom. The molecule has 0 aromatic heterocycles. The Morgan fingerprint density at radius 1 is 1.14 bits per heavy atom. The van der Waals surface area contributed by atoms with Gasteiger partial charge in [-0.1, -0.05) is 30.3 Å². The molecule has 110 valence electrons. The summed E-state index contributed by atoms with van der Waals surface area (Å²) < 4.78 is 27.3. The minimum absolute atomic E-state index is 0.00395. The first-order valence-corrected chi connectivity index (χ1v) is 6.42. The summed E-state index contributed by atoms with van der Waals surface area (Å²) in [5, 5.41) is 9.59. The number of carboxylic acids is 1. The molecule has 0 amide bonds. The summed E-state index contributed by atoms with van der Waals surface area (Å²) in [6.07, 6.45) is -0.0858. The molecule has 3 N–H and O–H groups in total. The summed E-state index contributed by atoms with van der Waals surface area (Å²) in [7, 11) is 0. The van der Waals surface area contributed by atoms with E-state index >= 15 is 0 Å². The lowest BCUT2D eigenvalue weighted by Crippen LogP contribution is -2.45. The number of hydrogen-bond acceptors (Lipinski definition) is 2. The molecular weight excluding hydrogens is 276 g/mol. The van der Waals surface area contributed by atoms with E-state index in [1.165, 1.54) is 36.4 Å². The Kier molecular flexibility index (Phi) is 4.33. The van der Waals surface area contributed by atoms with Gasteiger partial charge < -0.3 is 10.8 Å². The van der Waals surface area contributed by atoms with Crippen molar-refractivity contribution in [3.8, 4) is 0 Å². The zero-order valence-electron chi connectivity index (χ0n) is 11.2. The van der Waals surface area contributed by atoms with E-state index in [2.05, 4.69) is 0 Å². The third-order valence-electron chi connectivity index (χ3n) is 3.54. The quantitative estimate of drug-likeness (QED) is 0.889. The number of halogens is 2. The van der Waals surface area contributed by atoms with Crippen LogP contribution in [0.5, 0.6) is 0 Å². The molecule has 21 heavy (non-hydrogen) atoms. The summed E-state index contributed by atoms with van der Waals surface area (Å²) in [6, 6.07) is 11.2. The highest BCUT2D eigenvalue weighted by Gasteiger charge is 2.41. The van der Waals surface area contributed by atoms with Crippen LogP contribution in [0.2, 0.25) is 0 Å². The Bertz CT molecular complexity index is 660. The molecule has 2 rings (SSSR count). The molecule has 2 aromatic carbocycles. The van der Waals surface area contributed by atoms with Gasteiger partial charge in [0.1, 0.15) is 17.0 Å². The normalized spacial score (nSPS) is 13.7. The highest BCUT2D eigenvalue weighted by atomic mass is 19.1. The lowest BCUT2D eigenvalue weighted by Gasteiger charge is -2.29. The SMILES string of the molecule is NCC(Cc1cccc(F)c1)(C(=O)O)c1ccccc1F. The van der Waals surface area contributed by atoms with Crippen molar-refractivity contribution in [2.45, 2.75) is 11.8 Å². The zero-order valence-corrected chi connectivity index (χ0v) is 11.2. The Labute approximate surface area is 121 Å². The van der Waals surface area contributed by atoms with Crippen LogP contribution in [0.3, 0.4) is 0 Å². The molecule has 5 heteroatoms. The van der Waals surface area contributed by atoms with Gasteiger partial charge in [-0.25, -0.2) is 8.78 Å². The van der Waals surface area contributed by atoms with Crippen LogP contribution < -0.4 is 5.73 Å². The fraction of sp³-hybridized carbons (Fsp3) is 0.188. The van der Waals surface area contributed by atoms with Crippen LogP contribution in [0.1, 0.15) is 11.1 Å². The minimum Gasteiger partial charge on any atom is -0.481 e. The maximum Gasteiger partial charge on any atom is 0.315 e. The van der Waals surface area contributed by atoms with Crippen molar-refractivity contribution in [2.75, 3.05) is 6.54 Å². The van der Waals surface area contributed by atoms with Gasteiger partial charge in [-0.05, 0) is 30.2 Å². The van der Waals surface area contributed by atoms with Crippen LogP contribution in [-0.4, -0.2) is 17.6 Å². The van der Waals surface area contributed by atoms with E-state index in [9.17, 15) is 18.7 Å². The number of hydrogen-bond donors (Lipinski definition) is 2. The highest BCUT2D eigenvalue weighted by molar-refractivity contribution is 5.82. The average Bonchev–Trinajstić information content (AvgIpc) is 2.45. The maximum absolute atomic E-state index is 14.0. The number of carboxylic acid groups (broad SMARTS) is 1. The maximum atomic E-state index is 14.0. The van der Waals surface area contributed by atoms with Crippen LogP contribution in [0.4, 0.5) is 8.78 Å². The van der Waals surface area contributed by atoms with Crippen molar-refractivity contribution in [1.82, 2.24) is 0 Å². The third-order valence-corrected chi connectivity index (χ3v) is 3.54. The van der Waals surface area contributed by atoms with Gasteiger partial charge in [0.25, 0.3) is 0 Å². The van der Waals surface area contributed by atoms with Gasteiger partial charge in [0.15, 0.2) is 0 Å². The highest BCUT2D eigenvalue weighted by Crippen LogP contribution is 2.30. The Hall–Kier alpha value is -2.27. The molecule has 0 radical (unpaired) electrons. The van der Waals surface area contributed by atoms with Gasteiger partial charge in [0, 0.05) is 12.1 Å². The first-order valence-electron chi connectivity index (χ1n) is 6.42. The van der Waals surface area contributed by atoms with Gasteiger partial charge >= 0.3 is 5.97 Å². The van der Waals surface area contributed by atoms with E-state index in [1.807, 2.05) is 0 Å². The molecule has 1 atom stereocenters. The number of benzene rings is 2. The van der Waals surface area contributed by atoms with Crippen LogP contribution >= 0.6 is 0 Å². The molecular formula is C16H15F2NO2. The van der Waals surface area contributed by atoms with E-state index in [0.717, 1.165) is 0 Å². The standard InChI is InChI=1S/C16H15F2NO2/c17-12-5-3-4-11(8-12)9-16(10-19,15(20)21)13-6-1-2-7-14(13)18/h1-8H,9-10,19H2,(H,20,21). The van der Waals surface area contributed by atoms with Gasteiger partial charge in [-0.2, -0.15) is 0 Å². The lowest BCUT2D eigenvalue weighted by atomic mass is 9.75. The topological polar surface area (TPSA) is 63.3 Å². The molecule has 1 unspecified atom stereocenters. The van der Waals surface area contributed by atoms with Crippen molar-refractivity contribution < 1.29 is 18.7 Å². The molecule has 0 spiro atoms. The average molecular weight is 291 g/mol. The number of carbonyl (C=O) groups is 1. The molecule has 3 nitrogen and oxygen atoms in total. The Morgan fingerprint density at radius 3 is 2.43 bits per heavy atom. The molecule has 0 saturated heterocycles. The third kappa shape index (κ3) is 2.92. The lowest BCUT2D eigenvalue weighted by molar-refractivity contribution is -0.143. The fourth-order valence-corrected chi connectivity index (χ4v) is 2.40. The first kappa shape index (κ1) is 15.1. The van der Waals surface area contributed by atoms with E-state index < -0.39 is 23.0 Å². The Balaban J connectivity index is 2.53. The van der Waals surface area contributed by atoms with Crippen molar-refractivity contribution in [2.24, 2.45) is 5.73 Å². The number of aliphatic carboxylic acids is 1. The second-order valence-electron chi connectivity index (χ2n) is 4.88. The molecule has 0 saturated carbocycles. The molecule has 0 heterocycles. The van der Waals surface area contributed by atoms with Crippen molar-refractivity contribution in [1.29, 1.82) is 0 Å². The van der Waals surface area contributed by atoms with E-state index in [-0.39, 0.29) is 18.5 Å². The molecule has 0 fully saturated rings. The molecule has 2 aromatic rings. The van der Waals surface area contributed by atoms with Crippen LogP contribution in [0.15, 0.2) is 48.5 Å². The second kappa shape index (κ2) is 6.01. The molecule has 0 aliphatic rings. The first-order chi connectivity index (χ1) is 9.99. The van der Waals surface area contributed by atoms with Gasteiger partial charge in [0.2, 0.25) is 0 Å². The van der Waals surface area contributed by atoms with Crippen LogP contribution in [-0.2, 0) is 16.6 Å². The van der Waals surface area contributed by atoms with E-state index in [0.29, 0.717) is 5.56 Å². The monoisotopic (exact) mass is 291 g/mol. The zero-order chi connectivity index (χ0) is 15.5. The van der Waals surface area contributed by atoms with Gasteiger partial charge in [0.05, 0.1) is 0 Å². The molecule has 0 bridgehead atoms. The smallest absolute Gasteiger partial charge is 0.315 e. The van der Waals surface area contributed by atoms with Crippen LogP contribution in [0, 0.1) is 11.6 Å². The van der Waals surface area contributed by atoms with Crippen molar-refractivity contribution >= 4 is 5.97 Å². The van der Waals surface area contributed by atoms with Crippen LogP contribution in [0.25, 0.3) is 0 Å². The summed E-state index contributed by atoms with van der Waals surface area (Å²) in [4.78, 5) is 11.8. The van der Waals surface area contributed by atoms with Crippen molar-refractivity contribution in [3.63, 3.8) is 0 Å². The number of rotatable bonds is 5. The summed E-state index contributed by atoms with van der Waals surface area (Å²) >= 11 is 0. The predicted octanol–water partition coefficient (Wildman–Crippen LogP) is 2.49. The second-order valence-corrected chi connectivity index (χ2v) is 4.88. The molecule has 0 aliphatic carbocycles. The van der Waals surface area contributed by atoms with Crippen molar-refractivity contribution in [3.05, 3.63) is 71.3 Å². The van der Waals surface area contributed by atoms with Gasteiger partial charge in [-0.3, -0.25) is 4.79 Å². The fourth-order valence-electron chi connectivity index (χ4n) is 2.40. The van der Waals surface area contributed by atoms with Gasteiger partial charge in [-0.15, -0.1) is 0 Å². The molecule has 0 aliphatic heterocycles. The van der Waals surface area contributed by atoms with E-state index in [1.54, 1.807) is 12.1 Å². The summed E-state index contributed by atoms with van der Waals surface area (Å²) in [6.45, 7) is -0.292.